The van der Waals surface area contributed by atoms with E-state index in [4.69, 9.17) is 5.26 Å². The molecule has 0 radical (unpaired) electrons. The largest absolute Gasteiger partial charge is 0.392 e. The molecule has 2 heteroatoms. The van der Waals surface area contributed by atoms with Crippen molar-refractivity contribution in [3.05, 3.63) is 77.4 Å². The van der Waals surface area contributed by atoms with Crippen molar-refractivity contribution < 1.29 is 5.11 Å². The Morgan fingerprint density at radius 2 is 1.74 bits per heavy atom. The lowest BCUT2D eigenvalue weighted by molar-refractivity contribution is 0.343. The van der Waals surface area contributed by atoms with Gasteiger partial charge >= 0.3 is 0 Å². The lowest BCUT2D eigenvalue weighted by Gasteiger charge is -2.12. The fraction of sp³-hybridized carbons (Fsp3) is 0.118. The summed E-state index contributed by atoms with van der Waals surface area (Å²) in [7, 11) is 0. The molecule has 0 amide bonds. The van der Waals surface area contributed by atoms with Crippen molar-refractivity contribution >= 4 is 5.57 Å². The van der Waals surface area contributed by atoms with Gasteiger partial charge in [-0.1, -0.05) is 60.7 Å². The first kappa shape index (κ1) is 13.1. The number of benzene rings is 2. The Balaban J connectivity index is 2.53. The zero-order valence-corrected chi connectivity index (χ0v) is 10.6. The molecule has 2 nitrogen and oxygen atoms in total. The van der Waals surface area contributed by atoms with Gasteiger partial charge in [-0.25, -0.2) is 0 Å². The smallest absolute Gasteiger partial charge is 0.0669 e. The zero-order valence-electron chi connectivity index (χ0n) is 10.6. The lowest BCUT2D eigenvalue weighted by atomic mass is 9.92. The van der Waals surface area contributed by atoms with E-state index >= 15 is 0 Å². The first-order chi connectivity index (χ1) is 9.36. The van der Waals surface area contributed by atoms with Gasteiger partial charge < -0.3 is 5.11 Å². The predicted molar refractivity (Wildman–Crippen MR) is 76.4 cm³/mol. The quantitative estimate of drug-likeness (QED) is 0.904. The summed E-state index contributed by atoms with van der Waals surface area (Å²) in [6.45, 7) is -0.0227. The molecule has 0 aliphatic rings. The maximum atomic E-state index is 9.24. The molecule has 0 saturated carbocycles. The number of rotatable bonds is 4. The Labute approximate surface area is 113 Å². The Bertz CT molecular complexity index is 609. The highest BCUT2D eigenvalue weighted by molar-refractivity contribution is 5.81. The second kappa shape index (κ2) is 6.53. The Hall–Kier alpha value is -2.37. The third-order valence-electron chi connectivity index (χ3n) is 2.96. The molecule has 0 heterocycles. The van der Waals surface area contributed by atoms with Crippen LogP contribution in [0.2, 0.25) is 0 Å². The zero-order chi connectivity index (χ0) is 13.5. The first-order valence-corrected chi connectivity index (χ1v) is 6.18. The van der Waals surface area contributed by atoms with Crippen LogP contribution in [-0.2, 0) is 6.42 Å². The van der Waals surface area contributed by atoms with Crippen LogP contribution in [0.3, 0.4) is 0 Å². The van der Waals surface area contributed by atoms with Crippen LogP contribution in [0.25, 0.3) is 5.57 Å². The van der Waals surface area contributed by atoms with Crippen LogP contribution < -0.4 is 0 Å². The molecule has 2 aromatic rings. The molecule has 0 aromatic heterocycles. The van der Waals surface area contributed by atoms with Crippen molar-refractivity contribution in [3.8, 4) is 6.07 Å². The van der Waals surface area contributed by atoms with E-state index < -0.39 is 0 Å². The van der Waals surface area contributed by atoms with Gasteiger partial charge in [0, 0.05) is 0 Å². The van der Waals surface area contributed by atoms with Crippen LogP contribution in [0, 0.1) is 11.3 Å². The normalized spacial score (nSPS) is 11.1. The third kappa shape index (κ3) is 3.09. The monoisotopic (exact) mass is 249 g/mol. The molecule has 2 rings (SSSR count). The molecule has 0 saturated heterocycles. The number of aliphatic hydroxyl groups excluding tert-OH is 1. The fourth-order valence-electron chi connectivity index (χ4n) is 2.11. The van der Waals surface area contributed by atoms with Crippen LogP contribution >= 0.6 is 0 Å². The van der Waals surface area contributed by atoms with Crippen LogP contribution in [0.1, 0.15) is 16.7 Å². The average Bonchev–Trinajstić information content (AvgIpc) is 2.47. The summed E-state index contributed by atoms with van der Waals surface area (Å²) in [5.74, 6) is 0. The second-order valence-electron chi connectivity index (χ2n) is 4.16. The van der Waals surface area contributed by atoms with E-state index in [1.54, 1.807) is 6.08 Å². The Morgan fingerprint density at radius 3 is 2.42 bits per heavy atom. The van der Waals surface area contributed by atoms with Crippen LogP contribution in [0.4, 0.5) is 0 Å². The third-order valence-corrected chi connectivity index (χ3v) is 2.96. The van der Waals surface area contributed by atoms with Crippen molar-refractivity contribution in [2.45, 2.75) is 6.42 Å². The summed E-state index contributed by atoms with van der Waals surface area (Å²) in [5, 5.41) is 18.1. The highest BCUT2D eigenvalue weighted by Crippen LogP contribution is 2.26. The van der Waals surface area contributed by atoms with E-state index in [1.165, 1.54) is 0 Å². The number of hydrogen-bond donors (Lipinski definition) is 1. The SMILES string of the molecule is N#CCc1ccccc1/C(=C/CO)c1ccccc1. The summed E-state index contributed by atoms with van der Waals surface area (Å²) in [6.07, 6.45) is 2.15. The number of aliphatic hydroxyl groups is 1. The van der Waals surface area contributed by atoms with Crippen molar-refractivity contribution in [3.63, 3.8) is 0 Å². The van der Waals surface area contributed by atoms with E-state index in [1.807, 2.05) is 54.6 Å². The van der Waals surface area contributed by atoms with Gasteiger partial charge in [-0.2, -0.15) is 5.26 Å². The molecule has 2 aromatic carbocycles. The van der Waals surface area contributed by atoms with Gasteiger partial charge in [0.05, 0.1) is 19.1 Å². The molecule has 0 bridgehead atoms. The maximum Gasteiger partial charge on any atom is 0.0669 e. The van der Waals surface area contributed by atoms with E-state index in [2.05, 4.69) is 6.07 Å². The number of hydrogen-bond acceptors (Lipinski definition) is 2. The summed E-state index contributed by atoms with van der Waals surface area (Å²) in [5.41, 5.74) is 3.99. The highest BCUT2D eigenvalue weighted by Gasteiger charge is 2.08. The van der Waals surface area contributed by atoms with Crippen molar-refractivity contribution in [1.82, 2.24) is 0 Å². The molecule has 0 fully saturated rings. The van der Waals surface area contributed by atoms with Gasteiger partial charge in [-0.05, 0) is 22.3 Å². The molecule has 94 valence electrons. The average molecular weight is 249 g/mol. The van der Waals surface area contributed by atoms with Crippen molar-refractivity contribution in [2.24, 2.45) is 0 Å². The summed E-state index contributed by atoms with van der Waals surface area (Å²) in [6, 6.07) is 19.9. The van der Waals surface area contributed by atoms with Gasteiger partial charge in [0.25, 0.3) is 0 Å². The molecule has 19 heavy (non-hydrogen) atoms. The van der Waals surface area contributed by atoms with E-state index in [0.29, 0.717) is 6.42 Å². The lowest BCUT2D eigenvalue weighted by Crippen LogP contribution is -1.95. The topological polar surface area (TPSA) is 44.0 Å². The first-order valence-electron chi connectivity index (χ1n) is 6.18. The van der Waals surface area contributed by atoms with Crippen molar-refractivity contribution in [2.75, 3.05) is 6.61 Å². The van der Waals surface area contributed by atoms with Gasteiger partial charge in [0.1, 0.15) is 0 Å². The Morgan fingerprint density at radius 1 is 1.05 bits per heavy atom. The van der Waals surface area contributed by atoms with Gasteiger partial charge in [-0.3, -0.25) is 0 Å². The number of nitrogens with zero attached hydrogens (tertiary/aromatic N) is 1. The fourth-order valence-corrected chi connectivity index (χ4v) is 2.11. The molecule has 1 N–H and O–H groups in total. The van der Waals surface area contributed by atoms with Gasteiger partial charge in [0.2, 0.25) is 0 Å². The second-order valence-corrected chi connectivity index (χ2v) is 4.16. The van der Waals surface area contributed by atoms with Gasteiger partial charge in [0.15, 0.2) is 0 Å². The minimum absolute atomic E-state index is 0.0227. The van der Waals surface area contributed by atoms with E-state index in [0.717, 1.165) is 22.3 Å². The van der Waals surface area contributed by atoms with Crippen LogP contribution in [0.5, 0.6) is 0 Å². The minimum atomic E-state index is -0.0227. The summed E-state index contributed by atoms with van der Waals surface area (Å²) >= 11 is 0. The summed E-state index contributed by atoms with van der Waals surface area (Å²) < 4.78 is 0. The molecule has 0 spiro atoms. The molecule has 0 aliphatic carbocycles. The summed E-state index contributed by atoms with van der Waals surface area (Å²) in [4.78, 5) is 0. The highest BCUT2D eigenvalue weighted by atomic mass is 16.2. The standard InChI is InChI=1S/C17H15NO/c18-12-10-15-8-4-5-9-16(15)17(11-13-19)14-6-2-1-3-7-14/h1-9,11,19H,10,13H2/b17-11+. The maximum absolute atomic E-state index is 9.24. The minimum Gasteiger partial charge on any atom is -0.392 e. The molecule has 0 atom stereocenters. The van der Waals surface area contributed by atoms with Gasteiger partial charge in [-0.15, -0.1) is 0 Å². The predicted octanol–water partition coefficient (Wildman–Crippen LogP) is 3.18. The molecular weight excluding hydrogens is 234 g/mol. The van der Waals surface area contributed by atoms with Crippen LogP contribution in [0.15, 0.2) is 60.7 Å². The Kier molecular flexibility index (Phi) is 4.49. The molecule has 0 unspecified atom stereocenters. The molecule has 0 aliphatic heterocycles. The van der Waals surface area contributed by atoms with E-state index in [9.17, 15) is 5.11 Å². The van der Waals surface area contributed by atoms with E-state index in [-0.39, 0.29) is 6.61 Å². The number of nitriles is 1. The van der Waals surface area contributed by atoms with Crippen LogP contribution in [-0.4, -0.2) is 11.7 Å². The molecular formula is C17H15NO. The van der Waals surface area contributed by atoms with Crippen molar-refractivity contribution in [1.29, 1.82) is 5.26 Å².